The zero-order chi connectivity index (χ0) is 18.4. The molecule has 0 saturated carbocycles. The molecule has 0 spiro atoms. The molecule has 0 radical (unpaired) electrons. The number of rotatable bonds is 5. The van der Waals surface area contributed by atoms with Crippen molar-refractivity contribution in [2.24, 2.45) is 0 Å². The monoisotopic (exact) mass is 339 g/mol. The molecule has 0 heterocycles. The Labute approximate surface area is 142 Å². The van der Waals surface area contributed by atoms with Gasteiger partial charge in [0.25, 0.3) is 11.6 Å². The zero-order valence-corrected chi connectivity index (χ0v) is 13.1. The maximum Gasteiger partial charge on any atom is 0.338 e. The van der Waals surface area contributed by atoms with Crippen molar-refractivity contribution >= 4 is 23.3 Å². The molecule has 0 saturated heterocycles. The molecule has 0 aliphatic rings. The molecule has 126 valence electrons. The van der Waals surface area contributed by atoms with Gasteiger partial charge in [0.15, 0.2) is 6.10 Å². The number of nitro benzene ring substituents is 1. The van der Waals surface area contributed by atoms with Gasteiger partial charge in [-0.05, 0) is 31.2 Å². The molecule has 1 N–H and O–H groups in total. The highest BCUT2D eigenvalue weighted by Gasteiger charge is 2.20. The molecule has 2 aromatic carbocycles. The standard InChI is InChI=1S/C17H13N3O5/c1-11(16(21)19-15-5-3-2-4-13(15)10-18)25-17(22)12-6-8-14(9-7-12)20(23)24/h2-9,11H,1H3,(H,19,21). The molecule has 1 amide bonds. The summed E-state index contributed by atoms with van der Waals surface area (Å²) < 4.78 is 5.04. The third-order valence-corrected chi connectivity index (χ3v) is 3.27. The van der Waals surface area contributed by atoms with E-state index in [1.807, 2.05) is 6.07 Å². The predicted molar refractivity (Wildman–Crippen MR) is 87.8 cm³/mol. The summed E-state index contributed by atoms with van der Waals surface area (Å²) in [5.74, 6) is -1.39. The van der Waals surface area contributed by atoms with Gasteiger partial charge in [-0.25, -0.2) is 4.79 Å². The Bertz CT molecular complexity index is 855. The van der Waals surface area contributed by atoms with Gasteiger partial charge in [-0.15, -0.1) is 0 Å². The summed E-state index contributed by atoms with van der Waals surface area (Å²) in [6.07, 6.45) is -1.12. The Morgan fingerprint density at radius 3 is 2.44 bits per heavy atom. The number of ether oxygens (including phenoxy) is 1. The lowest BCUT2D eigenvalue weighted by Crippen LogP contribution is -2.30. The zero-order valence-electron chi connectivity index (χ0n) is 13.1. The van der Waals surface area contributed by atoms with Gasteiger partial charge >= 0.3 is 5.97 Å². The minimum absolute atomic E-state index is 0.0858. The first-order chi connectivity index (χ1) is 11.9. The molecule has 0 aliphatic carbocycles. The number of hydrogen-bond acceptors (Lipinski definition) is 6. The van der Waals surface area contributed by atoms with Gasteiger partial charge in [0.05, 0.1) is 21.7 Å². The molecule has 1 unspecified atom stereocenters. The van der Waals surface area contributed by atoms with E-state index in [-0.39, 0.29) is 16.8 Å². The third-order valence-electron chi connectivity index (χ3n) is 3.27. The summed E-state index contributed by atoms with van der Waals surface area (Å²) in [5.41, 5.74) is 0.524. The Balaban J connectivity index is 2.02. The average Bonchev–Trinajstić information content (AvgIpc) is 2.62. The third kappa shape index (κ3) is 4.39. The van der Waals surface area contributed by atoms with Crippen LogP contribution in [0.4, 0.5) is 11.4 Å². The first-order valence-electron chi connectivity index (χ1n) is 7.18. The van der Waals surface area contributed by atoms with Gasteiger partial charge in [0, 0.05) is 12.1 Å². The van der Waals surface area contributed by atoms with E-state index >= 15 is 0 Å². The number of esters is 1. The van der Waals surface area contributed by atoms with E-state index in [0.717, 1.165) is 0 Å². The number of nitriles is 1. The van der Waals surface area contributed by atoms with Gasteiger partial charge in [0.2, 0.25) is 0 Å². The van der Waals surface area contributed by atoms with Crippen LogP contribution in [0.3, 0.4) is 0 Å². The number of nitrogens with zero attached hydrogens (tertiary/aromatic N) is 2. The molecule has 1 atom stereocenters. The van der Waals surface area contributed by atoms with Gasteiger partial charge < -0.3 is 10.1 Å². The average molecular weight is 339 g/mol. The maximum atomic E-state index is 12.1. The van der Waals surface area contributed by atoms with Crippen LogP contribution in [0.15, 0.2) is 48.5 Å². The summed E-state index contributed by atoms with van der Waals surface area (Å²) in [6.45, 7) is 1.38. The molecule has 8 heteroatoms. The molecule has 25 heavy (non-hydrogen) atoms. The topological polar surface area (TPSA) is 122 Å². The van der Waals surface area contributed by atoms with Gasteiger partial charge in [-0.2, -0.15) is 5.26 Å². The minimum Gasteiger partial charge on any atom is -0.449 e. The second-order valence-corrected chi connectivity index (χ2v) is 5.00. The van der Waals surface area contributed by atoms with Crippen LogP contribution in [0.25, 0.3) is 0 Å². The molecule has 0 aliphatic heterocycles. The van der Waals surface area contributed by atoms with Crippen LogP contribution in [0.2, 0.25) is 0 Å². The smallest absolute Gasteiger partial charge is 0.338 e. The van der Waals surface area contributed by atoms with E-state index in [2.05, 4.69) is 5.32 Å². The fourth-order valence-electron chi connectivity index (χ4n) is 1.93. The highest BCUT2D eigenvalue weighted by Crippen LogP contribution is 2.16. The van der Waals surface area contributed by atoms with E-state index in [9.17, 15) is 19.7 Å². The summed E-state index contributed by atoms with van der Waals surface area (Å²) in [5, 5.41) is 22.1. The molecule has 2 aromatic rings. The lowest BCUT2D eigenvalue weighted by Gasteiger charge is -2.14. The first-order valence-corrected chi connectivity index (χ1v) is 7.18. The molecule has 2 rings (SSSR count). The van der Waals surface area contributed by atoms with Crippen molar-refractivity contribution in [2.75, 3.05) is 5.32 Å². The van der Waals surface area contributed by atoms with Crippen molar-refractivity contribution in [3.63, 3.8) is 0 Å². The van der Waals surface area contributed by atoms with Crippen LogP contribution in [-0.2, 0) is 9.53 Å². The van der Waals surface area contributed by atoms with Gasteiger partial charge in [-0.1, -0.05) is 12.1 Å². The number of hydrogen-bond donors (Lipinski definition) is 1. The van der Waals surface area contributed by atoms with Crippen molar-refractivity contribution in [1.29, 1.82) is 5.26 Å². The number of amides is 1. The fourth-order valence-corrected chi connectivity index (χ4v) is 1.93. The summed E-state index contributed by atoms with van der Waals surface area (Å²) in [6, 6.07) is 13.2. The second kappa shape index (κ2) is 7.70. The summed E-state index contributed by atoms with van der Waals surface area (Å²) >= 11 is 0. The van der Waals surface area contributed by atoms with Crippen LogP contribution in [-0.4, -0.2) is 22.9 Å². The number of anilines is 1. The number of carbonyl (C=O) groups excluding carboxylic acids is 2. The van der Waals surface area contributed by atoms with Crippen LogP contribution >= 0.6 is 0 Å². The molecular formula is C17H13N3O5. The Morgan fingerprint density at radius 1 is 1.20 bits per heavy atom. The molecule has 0 aromatic heterocycles. The lowest BCUT2D eigenvalue weighted by atomic mass is 10.2. The summed E-state index contributed by atoms with van der Waals surface area (Å²) in [4.78, 5) is 34.1. The van der Waals surface area contributed by atoms with Crippen LogP contribution in [0.5, 0.6) is 0 Å². The normalized spacial score (nSPS) is 11.0. The summed E-state index contributed by atoms with van der Waals surface area (Å²) in [7, 11) is 0. The number of nitro groups is 1. The second-order valence-electron chi connectivity index (χ2n) is 5.00. The van der Waals surface area contributed by atoms with E-state index in [1.165, 1.54) is 31.2 Å². The van der Waals surface area contributed by atoms with Crippen LogP contribution < -0.4 is 5.32 Å². The number of non-ortho nitro benzene ring substituents is 1. The Kier molecular flexibility index (Phi) is 5.43. The first kappa shape index (κ1) is 17.6. The van der Waals surface area contributed by atoms with Crippen molar-refractivity contribution in [3.05, 3.63) is 69.8 Å². The largest absolute Gasteiger partial charge is 0.449 e. The van der Waals surface area contributed by atoms with Crippen molar-refractivity contribution < 1.29 is 19.2 Å². The molecule has 0 fully saturated rings. The predicted octanol–water partition coefficient (Wildman–Crippen LogP) is 2.65. The highest BCUT2D eigenvalue weighted by molar-refractivity contribution is 5.98. The van der Waals surface area contributed by atoms with Crippen LogP contribution in [0, 0.1) is 21.4 Å². The molecule has 8 nitrogen and oxygen atoms in total. The number of benzene rings is 2. The molecular weight excluding hydrogens is 326 g/mol. The van der Waals surface area contributed by atoms with E-state index in [0.29, 0.717) is 5.69 Å². The van der Waals surface area contributed by atoms with E-state index < -0.39 is 22.9 Å². The number of carbonyl (C=O) groups is 2. The SMILES string of the molecule is CC(OC(=O)c1ccc([N+](=O)[O-])cc1)C(=O)Nc1ccccc1C#N. The Morgan fingerprint density at radius 2 is 1.84 bits per heavy atom. The lowest BCUT2D eigenvalue weighted by molar-refractivity contribution is -0.384. The molecule has 0 bridgehead atoms. The van der Waals surface area contributed by atoms with Crippen molar-refractivity contribution in [1.82, 2.24) is 0 Å². The van der Waals surface area contributed by atoms with E-state index in [1.54, 1.807) is 24.3 Å². The minimum atomic E-state index is -1.12. The van der Waals surface area contributed by atoms with Gasteiger partial charge in [-0.3, -0.25) is 14.9 Å². The highest BCUT2D eigenvalue weighted by atomic mass is 16.6. The number of para-hydroxylation sites is 1. The van der Waals surface area contributed by atoms with E-state index in [4.69, 9.17) is 10.00 Å². The number of nitrogens with one attached hydrogen (secondary N) is 1. The van der Waals surface area contributed by atoms with Crippen molar-refractivity contribution in [3.8, 4) is 6.07 Å². The van der Waals surface area contributed by atoms with Crippen LogP contribution in [0.1, 0.15) is 22.8 Å². The van der Waals surface area contributed by atoms with Crippen molar-refractivity contribution in [2.45, 2.75) is 13.0 Å². The quantitative estimate of drug-likeness (QED) is 0.507. The maximum absolute atomic E-state index is 12.1. The van der Waals surface area contributed by atoms with Gasteiger partial charge in [0.1, 0.15) is 6.07 Å². The fraction of sp³-hybridized carbons (Fsp3) is 0.118. The Hall–Kier alpha value is -3.73.